The van der Waals surface area contributed by atoms with E-state index in [2.05, 4.69) is 12.8 Å². The second-order valence-electron chi connectivity index (χ2n) is 4.46. The SMILES string of the molecule is [C-]#CCCCCCCCCCCCCC.[Li+]. The van der Waals surface area contributed by atoms with Crippen molar-refractivity contribution in [1.82, 2.24) is 0 Å². The summed E-state index contributed by atoms with van der Waals surface area (Å²) < 4.78 is 0. The molecule has 0 atom stereocenters. The molecular weight excluding hydrogens is 187 g/mol. The van der Waals surface area contributed by atoms with Crippen LogP contribution >= 0.6 is 0 Å². The van der Waals surface area contributed by atoms with Gasteiger partial charge in [0, 0.05) is 0 Å². The van der Waals surface area contributed by atoms with Crippen molar-refractivity contribution in [3.8, 4) is 5.92 Å². The monoisotopic (exact) mass is 214 g/mol. The predicted octanol–water partition coefficient (Wildman–Crippen LogP) is 2.28. The molecule has 0 aliphatic carbocycles. The van der Waals surface area contributed by atoms with Gasteiger partial charge in [-0.15, -0.1) is 0 Å². The average molecular weight is 214 g/mol. The average Bonchev–Trinajstić information content (AvgIpc) is 2.26. The van der Waals surface area contributed by atoms with E-state index >= 15 is 0 Å². The fourth-order valence-electron chi connectivity index (χ4n) is 1.88. The summed E-state index contributed by atoms with van der Waals surface area (Å²) in [6.45, 7) is 2.27. The minimum atomic E-state index is 0. The number of unbranched alkanes of at least 4 members (excludes halogenated alkanes) is 11. The summed E-state index contributed by atoms with van der Waals surface area (Å²) in [4.78, 5) is 0. The molecule has 0 unspecified atom stereocenters. The Morgan fingerprint density at radius 2 is 1.06 bits per heavy atom. The van der Waals surface area contributed by atoms with Crippen LogP contribution in [0.2, 0.25) is 0 Å². The summed E-state index contributed by atoms with van der Waals surface area (Å²) in [5.41, 5.74) is 0. The van der Waals surface area contributed by atoms with E-state index in [0.29, 0.717) is 0 Å². The van der Waals surface area contributed by atoms with E-state index in [9.17, 15) is 0 Å². The van der Waals surface area contributed by atoms with Crippen molar-refractivity contribution in [2.45, 2.75) is 84.0 Å². The van der Waals surface area contributed by atoms with Crippen molar-refractivity contribution >= 4 is 0 Å². The Bertz CT molecular complexity index is 146. The molecule has 0 rings (SSSR count). The van der Waals surface area contributed by atoms with E-state index in [4.69, 9.17) is 6.42 Å². The molecule has 0 aromatic heterocycles. The maximum absolute atomic E-state index is 6.78. The molecule has 0 heterocycles. The van der Waals surface area contributed by atoms with Gasteiger partial charge in [0.2, 0.25) is 0 Å². The standard InChI is InChI=1S/C15H27.Li/c1-3-5-7-9-11-13-15-14-12-10-8-6-4-2;/h3,5-15H2,1H3;/q-1;+1. The molecule has 0 aromatic carbocycles. The van der Waals surface area contributed by atoms with Gasteiger partial charge in [-0.3, -0.25) is 0 Å². The smallest absolute Gasteiger partial charge is 0.694 e. The van der Waals surface area contributed by atoms with Gasteiger partial charge in [-0.1, -0.05) is 71.1 Å². The zero-order valence-electron chi connectivity index (χ0n) is 11.5. The minimum Gasteiger partial charge on any atom is -0.694 e. The molecule has 0 aliphatic heterocycles. The van der Waals surface area contributed by atoms with Crippen molar-refractivity contribution in [2.75, 3.05) is 0 Å². The maximum Gasteiger partial charge on any atom is 1.00 e. The van der Waals surface area contributed by atoms with Crippen LogP contribution < -0.4 is 18.9 Å². The Morgan fingerprint density at radius 3 is 1.44 bits per heavy atom. The fourth-order valence-corrected chi connectivity index (χ4v) is 1.88. The van der Waals surface area contributed by atoms with E-state index in [0.717, 1.165) is 6.42 Å². The van der Waals surface area contributed by atoms with Gasteiger partial charge in [0.25, 0.3) is 0 Å². The van der Waals surface area contributed by atoms with Crippen LogP contribution in [0, 0.1) is 12.3 Å². The molecule has 1 heteroatoms. The third kappa shape index (κ3) is 16.6. The number of rotatable bonds is 11. The van der Waals surface area contributed by atoms with Crippen molar-refractivity contribution in [3.63, 3.8) is 0 Å². The largest absolute Gasteiger partial charge is 1.00 e. The molecule has 0 radical (unpaired) electrons. The van der Waals surface area contributed by atoms with Crippen molar-refractivity contribution in [2.24, 2.45) is 0 Å². The first-order valence-corrected chi connectivity index (χ1v) is 6.81. The van der Waals surface area contributed by atoms with Gasteiger partial charge in [-0.05, 0) is 12.8 Å². The second kappa shape index (κ2) is 17.5. The van der Waals surface area contributed by atoms with Crippen LogP contribution in [-0.2, 0) is 0 Å². The zero-order chi connectivity index (χ0) is 11.2. The quantitative estimate of drug-likeness (QED) is 0.214. The molecule has 0 amide bonds. The van der Waals surface area contributed by atoms with E-state index in [1.807, 2.05) is 0 Å². The Kier molecular flexibility index (Phi) is 20.3. The van der Waals surface area contributed by atoms with E-state index in [1.54, 1.807) is 0 Å². The van der Waals surface area contributed by atoms with Crippen LogP contribution in [0.25, 0.3) is 0 Å². The topological polar surface area (TPSA) is 0 Å². The van der Waals surface area contributed by atoms with Gasteiger partial charge >= 0.3 is 18.9 Å². The molecule has 0 saturated carbocycles. The summed E-state index contributed by atoms with van der Waals surface area (Å²) >= 11 is 0. The van der Waals surface area contributed by atoms with Crippen molar-refractivity contribution in [3.05, 3.63) is 6.42 Å². The molecule has 0 saturated heterocycles. The summed E-state index contributed by atoms with van der Waals surface area (Å²) in [5.74, 6) is 2.45. The number of hydrogen-bond acceptors (Lipinski definition) is 0. The van der Waals surface area contributed by atoms with E-state index in [-0.39, 0.29) is 18.9 Å². The molecule has 16 heavy (non-hydrogen) atoms. The first-order chi connectivity index (χ1) is 7.41. The third-order valence-electron chi connectivity index (χ3n) is 2.91. The maximum atomic E-state index is 6.78. The molecule has 0 spiro atoms. The van der Waals surface area contributed by atoms with Gasteiger partial charge in [0.1, 0.15) is 0 Å². The Balaban J connectivity index is 0. The van der Waals surface area contributed by atoms with Gasteiger partial charge < -0.3 is 12.3 Å². The van der Waals surface area contributed by atoms with Crippen LogP contribution in [0.15, 0.2) is 0 Å². The molecule has 0 aliphatic rings. The predicted molar refractivity (Wildman–Crippen MR) is 68.2 cm³/mol. The summed E-state index contributed by atoms with van der Waals surface area (Å²) in [5, 5.41) is 0. The molecule has 0 fully saturated rings. The van der Waals surface area contributed by atoms with Crippen molar-refractivity contribution < 1.29 is 18.9 Å². The van der Waals surface area contributed by atoms with E-state index in [1.165, 1.54) is 70.6 Å². The Labute approximate surface area is 115 Å². The zero-order valence-corrected chi connectivity index (χ0v) is 11.5. The molecule has 0 nitrogen and oxygen atoms in total. The molecule has 0 N–H and O–H groups in total. The van der Waals surface area contributed by atoms with Crippen LogP contribution in [-0.4, -0.2) is 0 Å². The van der Waals surface area contributed by atoms with Crippen LogP contribution in [0.1, 0.15) is 84.0 Å². The normalized spacial score (nSPS) is 9.50. The van der Waals surface area contributed by atoms with Crippen LogP contribution in [0.4, 0.5) is 0 Å². The summed E-state index contributed by atoms with van der Waals surface area (Å²) in [7, 11) is 0. The molecular formula is C15H27Li. The fraction of sp³-hybridized carbons (Fsp3) is 0.867. The number of hydrogen-bond donors (Lipinski definition) is 0. The summed E-state index contributed by atoms with van der Waals surface area (Å²) in [6.07, 6.45) is 22.8. The van der Waals surface area contributed by atoms with Gasteiger partial charge in [0.05, 0.1) is 0 Å². The van der Waals surface area contributed by atoms with E-state index < -0.39 is 0 Å². The van der Waals surface area contributed by atoms with Gasteiger partial charge in [0.15, 0.2) is 0 Å². The Hall–Kier alpha value is 0.157. The first kappa shape index (κ1) is 18.5. The second-order valence-corrected chi connectivity index (χ2v) is 4.46. The Morgan fingerprint density at radius 1 is 0.688 bits per heavy atom. The first-order valence-electron chi connectivity index (χ1n) is 6.81. The minimum absolute atomic E-state index is 0. The summed E-state index contributed by atoms with van der Waals surface area (Å²) in [6, 6.07) is 0. The van der Waals surface area contributed by atoms with Crippen molar-refractivity contribution in [1.29, 1.82) is 0 Å². The van der Waals surface area contributed by atoms with Crippen LogP contribution in [0.3, 0.4) is 0 Å². The molecule has 0 bridgehead atoms. The molecule has 0 aromatic rings. The van der Waals surface area contributed by atoms with Gasteiger partial charge in [-0.25, -0.2) is 0 Å². The van der Waals surface area contributed by atoms with Gasteiger partial charge in [-0.2, -0.15) is 0 Å². The molecule has 88 valence electrons. The third-order valence-corrected chi connectivity index (χ3v) is 2.91. The van der Waals surface area contributed by atoms with Crippen LogP contribution in [0.5, 0.6) is 0 Å².